The molecule has 0 saturated carbocycles. The molecule has 1 unspecified atom stereocenters. The van der Waals surface area contributed by atoms with Crippen molar-refractivity contribution in [2.24, 2.45) is 5.92 Å². The summed E-state index contributed by atoms with van der Waals surface area (Å²) >= 11 is 0. The van der Waals surface area contributed by atoms with Crippen molar-refractivity contribution in [1.29, 1.82) is 0 Å². The van der Waals surface area contributed by atoms with Crippen LogP contribution in [0.25, 0.3) is 0 Å². The predicted octanol–water partition coefficient (Wildman–Crippen LogP) is 2.01. The Hall–Kier alpha value is -2.32. The van der Waals surface area contributed by atoms with E-state index in [1.165, 1.54) is 12.2 Å². The fraction of sp³-hybridized carbons (Fsp3) is 0.619. The molecule has 2 aliphatic rings. The molecule has 160 valence electrons. The van der Waals surface area contributed by atoms with Crippen molar-refractivity contribution in [2.45, 2.75) is 38.3 Å². The van der Waals surface area contributed by atoms with Gasteiger partial charge in [0.15, 0.2) is 11.5 Å². The summed E-state index contributed by atoms with van der Waals surface area (Å²) in [4.78, 5) is 32.9. The van der Waals surface area contributed by atoms with Crippen LogP contribution in [-0.2, 0) is 25.7 Å². The number of hydroxylamine groups is 2. The Morgan fingerprint density at radius 3 is 2.41 bits per heavy atom. The van der Waals surface area contributed by atoms with E-state index in [1.54, 1.807) is 14.2 Å². The van der Waals surface area contributed by atoms with E-state index in [0.29, 0.717) is 30.9 Å². The smallest absolute Gasteiger partial charge is 0.311 e. The van der Waals surface area contributed by atoms with Crippen molar-refractivity contribution in [3.8, 4) is 11.5 Å². The van der Waals surface area contributed by atoms with Crippen molar-refractivity contribution < 1.29 is 28.6 Å². The maximum atomic E-state index is 12.5. The predicted molar refractivity (Wildman–Crippen MR) is 105 cm³/mol. The number of piperidine rings is 1. The number of hydrogen-bond acceptors (Lipinski definition) is 7. The number of methoxy groups -OCH3 is 3. The van der Waals surface area contributed by atoms with Crippen molar-refractivity contribution >= 4 is 11.9 Å². The van der Waals surface area contributed by atoms with Crippen LogP contribution in [-0.4, -0.2) is 68.4 Å². The lowest BCUT2D eigenvalue weighted by Crippen LogP contribution is -2.57. The molecule has 0 bridgehead atoms. The number of likely N-dealkylation sites (tertiary alicyclic amines) is 1. The van der Waals surface area contributed by atoms with E-state index in [0.717, 1.165) is 25.2 Å². The van der Waals surface area contributed by atoms with Crippen molar-refractivity contribution in [3.63, 3.8) is 0 Å². The van der Waals surface area contributed by atoms with Gasteiger partial charge in [-0.1, -0.05) is 6.07 Å². The molecule has 2 saturated heterocycles. The van der Waals surface area contributed by atoms with Crippen LogP contribution in [0.4, 0.5) is 0 Å². The summed E-state index contributed by atoms with van der Waals surface area (Å²) in [7, 11) is 4.61. The molecule has 1 aromatic carbocycles. The van der Waals surface area contributed by atoms with Crippen molar-refractivity contribution in [3.05, 3.63) is 23.8 Å². The zero-order chi connectivity index (χ0) is 21.0. The van der Waals surface area contributed by atoms with Crippen molar-refractivity contribution in [1.82, 2.24) is 9.96 Å². The molecule has 2 heterocycles. The van der Waals surface area contributed by atoms with E-state index in [4.69, 9.17) is 19.0 Å². The van der Waals surface area contributed by atoms with E-state index in [9.17, 15) is 9.59 Å². The quantitative estimate of drug-likeness (QED) is 0.641. The van der Waals surface area contributed by atoms with Gasteiger partial charge in [-0.2, -0.15) is 0 Å². The molecule has 0 aromatic heterocycles. The van der Waals surface area contributed by atoms with Crippen LogP contribution in [0.5, 0.6) is 11.5 Å². The standard InChI is InChI=1S/C21H30N2O6/c1-5-29-23-19(24)13-16(20(25)28-4)21(23)8-10-22(11-9-21)14-15-6-7-17(26-2)18(12-15)27-3/h6-7,12,16H,5,8-11,13-14H2,1-4H3. The third kappa shape index (κ3) is 4.04. The second kappa shape index (κ2) is 9.00. The molecule has 1 atom stereocenters. The number of esters is 1. The van der Waals surface area contributed by atoms with Crippen LogP contribution < -0.4 is 9.47 Å². The van der Waals surface area contributed by atoms with Gasteiger partial charge in [0, 0.05) is 26.1 Å². The van der Waals surface area contributed by atoms with Gasteiger partial charge in [0.25, 0.3) is 0 Å². The molecule has 0 radical (unpaired) electrons. The second-order valence-corrected chi connectivity index (χ2v) is 7.45. The Morgan fingerprint density at radius 1 is 1.14 bits per heavy atom. The number of hydrogen-bond donors (Lipinski definition) is 0. The summed E-state index contributed by atoms with van der Waals surface area (Å²) in [5, 5.41) is 1.46. The fourth-order valence-electron chi connectivity index (χ4n) is 4.50. The molecule has 2 fully saturated rings. The van der Waals surface area contributed by atoms with Gasteiger partial charge in [0.2, 0.25) is 5.91 Å². The number of benzene rings is 1. The number of nitrogens with zero attached hydrogens (tertiary/aromatic N) is 2. The number of ether oxygens (including phenoxy) is 3. The highest BCUT2D eigenvalue weighted by Gasteiger charge is 2.58. The number of carbonyl (C=O) groups excluding carboxylic acids is 2. The summed E-state index contributed by atoms with van der Waals surface area (Å²) in [5.74, 6) is 0.430. The Balaban J connectivity index is 1.73. The van der Waals surface area contributed by atoms with E-state index in [2.05, 4.69) is 4.90 Å². The minimum Gasteiger partial charge on any atom is -0.493 e. The Kier molecular flexibility index (Phi) is 6.64. The van der Waals surface area contributed by atoms with Gasteiger partial charge in [-0.3, -0.25) is 19.3 Å². The maximum Gasteiger partial charge on any atom is 0.311 e. The average molecular weight is 406 g/mol. The largest absolute Gasteiger partial charge is 0.493 e. The van der Waals surface area contributed by atoms with Crippen LogP contribution in [0, 0.1) is 5.92 Å². The molecule has 29 heavy (non-hydrogen) atoms. The number of rotatable bonds is 7. The highest BCUT2D eigenvalue weighted by molar-refractivity contribution is 5.88. The van der Waals surface area contributed by atoms with Crippen LogP contribution in [0.15, 0.2) is 18.2 Å². The molecular formula is C21H30N2O6. The summed E-state index contributed by atoms with van der Waals surface area (Å²) < 4.78 is 15.7. The third-order valence-corrected chi connectivity index (χ3v) is 5.98. The van der Waals surface area contributed by atoms with Gasteiger partial charge in [0.1, 0.15) is 0 Å². The zero-order valence-electron chi connectivity index (χ0n) is 17.6. The van der Waals surface area contributed by atoms with Gasteiger partial charge in [-0.05, 0) is 37.5 Å². The molecule has 3 rings (SSSR count). The van der Waals surface area contributed by atoms with E-state index in [-0.39, 0.29) is 18.3 Å². The zero-order valence-corrected chi connectivity index (χ0v) is 17.6. The lowest BCUT2D eigenvalue weighted by molar-refractivity contribution is -0.221. The summed E-state index contributed by atoms with van der Waals surface area (Å²) in [6, 6.07) is 5.90. The molecule has 8 heteroatoms. The van der Waals surface area contributed by atoms with Crippen molar-refractivity contribution in [2.75, 3.05) is 41.0 Å². The molecule has 2 aliphatic heterocycles. The lowest BCUT2D eigenvalue weighted by atomic mass is 9.77. The summed E-state index contributed by atoms with van der Waals surface area (Å²) in [6.07, 6.45) is 1.46. The van der Waals surface area contributed by atoms with E-state index < -0.39 is 11.5 Å². The van der Waals surface area contributed by atoms with E-state index >= 15 is 0 Å². The topological polar surface area (TPSA) is 77.5 Å². The second-order valence-electron chi connectivity index (χ2n) is 7.45. The maximum absolute atomic E-state index is 12.5. The average Bonchev–Trinajstić information content (AvgIpc) is 3.01. The minimum atomic E-state index is -0.631. The first-order valence-electron chi connectivity index (χ1n) is 9.96. The van der Waals surface area contributed by atoms with Crippen LogP contribution in [0.2, 0.25) is 0 Å². The monoisotopic (exact) mass is 406 g/mol. The van der Waals surface area contributed by atoms with Gasteiger partial charge >= 0.3 is 5.97 Å². The van der Waals surface area contributed by atoms with Gasteiger partial charge in [-0.25, -0.2) is 5.06 Å². The van der Waals surface area contributed by atoms with E-state index in [1.807, 2.05) is 25.1 Å². The number of amides is 1. The summed E-state index contributed by atoms with van der Waals surface area (Å²) in [5.41, 5.74) is 0.487. The fourth-order valence-corrected chi connectivity index (χ4v) is 4.50. The highest BCUT2D eigenvalue weighted by atomic mass is 16.7. The molecule has 0 N–H and O–H groups in total. The summed E-state index contributed by atoms with van der Waals surface area (Å²) in [6.45, 7) is 4.48. The molecule has 1 spiro atoms. The van der Waals surface area contributed by atoms with Gasteiger partial charge in [0.05, 0.1) is 39.4 Å². The molecular weight excluding hydrogens is 376 g/mol. The third-order valence-electron chi connectivity index (χ3n) is 5.98. The molecule has 1 aromatic rings. The van der Waals surface area contributed by atoms with Crippen LogP contribution >= 0.6 is 0 Å². The highest BCUT2D eigenvalue weighted by Crippen LogP contribution is 2.44. The van der Waals surface area contributed by atoms with Crippen LogP contribution in [0.1, 0.15) is 31.7 Å². The molecule has 8 nitrogen and oxygen atoms in total. The molecule has 0 aliphatic carbocycles. The Bertz CT molecular complexity index is 745. The first-order valence-corrected chi connectivity index (χ1v) is 9.96. The first-order chi connectivity index (χ1) is 14.0. The Morgan fingerprint density at radius 2 is 1.83 bits per heavy atom. The first kappa shape index (κ1) is 21.4. The number of carbonyl (C=O) groups is 2. The minimum absolute atomic E-state index is 0.141. The lowest BCUT2D eigenvalue weighted by Gasteiger charge is -2.45. The SMILES string of the molecule is CCON1C(=O)CC(C(=O)OC)C12CCN(Cc1ccc(OC)c(OC)c1)CC2. The molecule has 1 amide bonds. The Labute approximate surface area is 171 Å². The van der Waals surface area contributed by atoms with Gasteiger partial charge in [-0.15, -0.1) is 0 Å². The van der Waals surface area contributed by atoms with Crippen LogP contribution in [0.3, 0.4) is 0 Å². The normalized spacial score (nSPS) is 21.4. The van der Waals surface area contributed by atoms with Gasteiger partial charge < -0.3 is 14.2 Å².